The molecule has 0 saturated heterocycles. The van der Waals surface area contributed by atoms with E-state index in [9.17, 15) is 0 Å². The Morgan fingerprint density at radius 3 is 3.00 bits per heavy atom. The van der Waals surface area contributed by atoms with Crippen molar-refractivity contribution in [2.75, 3.05) is 0 Å². The van der Waals surface area contributed by atoms with Crippen LogP contribution in [0.25, 0.3) is 0 Å². The lowest BCUT2D eigenvalue weighted by atomic mass is 10.1. The second kappa shape index (κ2) is 4.11. The molecule has 2 rings (SSSR count). The maximum absolute atomic E-state index is 5.94. The molecular weight excluding hydrogens is 214 g/mol. The lowest BCUT2D eigenvalue weighted by molar-refractivity contribution is 1.18. The average Bonchev–Trinajstić information content (AvgIpc) is 2.64. The highest BCUT2D eigenvalue weighted by Gasteiger charge is 2.02. The maximum atomic E-state index is 5.94. The molecule has 3 heteroatoms. The van der Waals surface area contributed by atoms with Gasteiger partial charge in [-0.15, -0.1) is 11.3 Å². The highest BCUT2D eigenvalue weighted by molar-refractivity contribution is 7.09. The summed E-state index contributed by atoms with van der Waals surface area (Å²) in [5.41, 5.74) is 4.42. The van der Waals surface area contributed by atoms with Gasteiger partial charge in [0.1, 0.15) is 0 Å². The first kappa shape index (κ1) is 9.69. The van der Waals surface area contributed by atoms with Crippen molar-refractivity contribution in [3.05, 3.63) is 50.9 Å². The molecule has 0 fully saturated rings. The molecule has 72 valence electrons. The molecule has 0 radical (unpaired) electrons. The first-order chi connectivity index (χ1) is 6.75. The zero-order valence-corrected chi connectivity index (χ0v) is 9.40. The van der Waals surface area contributed by atoms with E-state index in [2.05, 4.69) is 18.0 Å². The first-order valence-corrected chi connectivity index (χ1v) is 5.64. The number of aryl methyl sites for hydroxylation is 1. The summed E-state index contributed by atoms with van der Waals surface area (Å²) in [6.45, 7) is 2.10. The standard InChI is InChI=1S/C11H10ClNS/c1-8-2-3-10(12)4-9(8)5-11-6-13-7-14-11/h2-4,6-7H,5H2,1H3. The summed E-state index contributed by atoms with van der Waals surface area (Å²) in [4.78, 5) is 5.33. The van der Waals surface area contributed by atoms with E-state index in [-0.39, 0.29) is 0 Å². The van der Waals surface area contributed by atoms with E-state index < -0.39 is 0 Å². The molecule has 0 aliphatic rings. The third kappa shape index (κ3) is 2.14. The van der Waals surface area contributed by atoms with Gasteiger partial charge in [0.2, 0.25) is 0 Å². The molecular formula is C11H10ClNS. The van der Waals surface area contributed by atoms with Crippen LogP contribution in [-0.4, -0.2) is 4.98 Å². The summed E-state index contributed by atoms with van der Waals surface area (Å²) in [5.74, 6) is 0. The quantitative estimate of drug-likeness (QED) is 0.757. The smallest absolute Gasteiger partial charge is 0.0794 e. The average molecular weight is 224 g/mol. The number of hydrogen-bond acceptors (Lipinski definition) is 2. The SMILES string of the molecule is Cc1ccc(Cl)cc1Cc1cncs1. The Hall–Kier alpha value is -0.860. The van der Waals surface area contributed by atoms with Crippen molar-refractivity contribution < 1.29 is 0 Å². The first-order valence-electron chi connectivity index (χ1n) is 4.38. The Balaban J connectivity index is 2.28. The van der Waals surface area contributed by atoms with Crippen LogP contribution in [0.4, 0.5) is 0 Å². The van der Waals surface area contributed by atoms with Crippen molar-refractivity contribution >= 4 is 22.9 Å². The van der Waals surface area contributed by atoms with E-state index in [1.807, 2.05) is 23.8 Å². The van der Waals surface area contributed by atoms with Crippen LogP contribution in [0.3, 0.4) is 0 Å². The number of thiazole rings is 1. The van der Waals surface area contributed by atoms with Crippen LogP contribution in [-0.2, 0) is 6.42 Å². The lowest BCUT2D eigenvalue weighted by Crippen LogP contribution is -1.89. The van der Waals surface area contributed by atoms with E-state index in [0.29, 0.717) is 0 Å². The van der Waals surface area contributed by atoms with Gasteiger partial charge in [0.05, 0.1) is 5.51 Å². The summed E-state index contributed by atoms with van der Waals surface area (Å²) in [5, 5.41) is 0.801. The summed E-state index contributed by atoms with van der Waals surface area (Å²) in [7, 11) is 0. The fraction of sp³-hybridized carbons (Fsp3) is 0.182. The molecule has 0 aliphatic heterocycles. The fourth-order valence-corrected chi connectivity index (χ4v) is 2.16. The molecule has 1 nitrogen and oxygen atoms in total. The molecule has 0 spiro atoms. The number of benzene rings is 1. The lowest BCUT2D eigenvalue weighted by Gasteiger charge is -2.03. The summed E-state index contributed by atoms with van der Waals surface area (Å²) in [6.07, 6.45) is 2.84. The summed E-state index contributed by atoms with van der Waals surface area (Å²) < 4.78 is 0. The largest absolute Gasteiger partial charge is 0.253 e. The zero-order chi connectivity index (χ0) is 9.97. The molecule has 2 aromatic rings. The van der Waals surface area contributed by atoms with E-state index in [1.165, 1.54) is 16.0 Å². The van der Waals surface area contributed by atoms with E-state index in [0.717, 1.165) is 11.4 Å². The summed E-state index contributed by atoms with van der Waals surface area (Å²) >= 11 is 7.62. The minimum absolute atomic E-state index is 0.801. The van der Waals surface area contributed by atoms with Gasteiger partial charge in [0.15, 0.2) is 0 Å². The van der Waals surface area contributed by atoms with Gasteiger partial charge in [0.25, 0.3) is 0 Å². The van der Waals surface area contributed by atoms with Gasteiger partial charge >= 0.3 is 0 Å². The molecule has 1 heterocycles. The summed E-state index contributed by atoms with van der Waals surface area (Å²) in [6, 6.07) is 6.00. The Labute approximate surface area is 92.4 Å². The zero-order valence-electron chi connectivity index (χ0n) is 7.83. The van der Waals surface area contributed by atoms with Crippen molar-refractivity contribution in [3.63, 3.8) is 0 Å². The Morgan fingerprint density at radius 1 is 1.43 bits per heavy atom. The topological polar surface area (TPSA) is 12.9 Å². The predicted molar refractivity (Wildman–Crippen MR) is 61.1 cm³/mol. The molecule has 1 aromatic carbocycles. The predicted octanol–water partition coefficient (Wildman–Crippen LogP) is 3.70. The van der Waals surface area contributed by atoms with Crippen LogP contribution in [0.2, 0.25) is 5.02 Å². The Morgan fingerprint density at radius 2 is 2.29 bits per heavy atom. The maximum Gasteiger partial charge on any atom is 0.0794 e. The molecule has 0 saturated carbocycles. The number of nitrogens with zero attached hydrogens (tertiary/aromatic N) is 1. The van der Waals surface area contributed by atoms with Crippen molar-refractivity contribution in [3.8, 4) is 0 Å². The van der Waals surface area contributed by atoms with E-state index in [4.69, 9.17) is 11.6 Å². The van der Waals surface area contributed by atoms with Crippen LogP contribution in [0, 0.1) is 6.92 Å². The van der Waals surface area contributed by atoms with Crippen LogP contribution < -0.4 is 0 Å². The van der Waals surface area contributed by atoms with Gasteiger partial charge in [0, 0.05) is 22.5 Å². The van der Waals surface area contributed by atoms with E-state index >= 15 is 0 Å². The van der Waals surface area contributed by atoms with Gasteiger partial charge in [-0.25, -0.2) is 0 Å². The molecule has 1 aromatic heterocycles. The highest BCUT2D eigenvalue weighted by atomic mass is 35.5. The molecule has 0 aliphatic carbocycles. The second-order valence-corrected chi connectivity index (χ2v) is 4.62. The minimum atomic E-state index is 0.801. The molecule has 0 unspecified atom stereocenters. The number of hydrogen-bond donors (Lipinski definition) is 0. The van der Waals surface area contributed by atoms with Gasteiger partial charge in [-0.05, 0) is 30.2 Å². The van der Waals surface area contributed by atoms with Gasteiger partial charge in [-0.2, -0.15) is 0 Å². The fourth-order valence-electron chi connectivity index (χ4n) is 1.35. The van der Waals surface area contributed by atoms with Crippen LogP contribution in [0.5, 0.6) is 0 Å². The molecule has 14 heavy (non-hydrogen) atoms. The third-order valence-electron chi connectivity index (χ3n) is 2.16. The molecule has 0 bridgehead atoms. The van der Waals surface area contributed by atoms with Crippen LogP contribution in [0.1, 0.15) is 16.0 Å². The van der Waals surface area contributed by atoms with Crippen molar-refractivity contribution in [2.45, 2.75) is 13.3 Å². The monoisotopic (exact) mass is 223 g/mol. The van der Waals surface area contributed by atoms with E-state index in [1.54, 1.807) is 11.3 Å². The second-order valence-electron chi connectivity index (χ2n) is 3.22. The van der Waals surface area contributed by atoms with Crippen LogP contribution >= 0.6 is 22.9 Å². The molecule has 0 atom stereocenters. The van der Waals surface area contributed by atoms with Crippen molar-refractivity contribution in [1.82, 2.24) is 4.98 Å². The minimum Gasteiger partial charge on any atom is -0.253 e. The Kier molecular flexibility index (Phi) is 2.85. The van der Waals surface area contributed by atoms with Crippen molar-refractivity contribution in [2.24, 2.45) is 0 Å². The van der Waals surface area contributed by atoms with Crippen molar-refractivity contribution in [1.29, 1.82) is 0 Å². The Bertz CT molecular complexity index is 423. The normalized spacial score (nSPS) is 10.4. The van der Waals surface area contributed by atoms with Crippen LogP contribution in [0.15, 0.2) is 29.9 Å². The number of halogens is 1. The number of aromatic nitrogens is 1. The van der Waals surface area contributed by atoms with Gasteiger partial charge < -0.3 is 0 Å². The highest BCUT2D eigenvalue weighted by Crippen LogP contribution is 2.20. The molecule has 0 amide bonds. The molecule has 0 N–H and O–H groups in total. The third-order valence-corrected chi connectivity index (χ3v) is 3.17. The number of rotatable bonds is 2. The van der Waals surface area contributed by atoms with Gasteiger partial charge in [-0.1, -0.05) is 17.7 Å². The van der Waals surface area contributed by atoms with Gasteiger partial charge in [-0.3, -0.25) is 4.98 Å².